The molecule has 1 rings (SSSR count). The van der Waals surface area contributed by atoms with Gasteiger partial charge in [0.05, 0.1) is 19.0 Å². The maximum atomic E-state index is 5.21. The maximum absolute atomic E-state index is 5.21. The third-order valence-corrected chi connectivity index (χ3v) is 1.58. The van der Waals surface area contributed by atoms with E-state index >= 15 is 0 Å². The number of hydrogen-bond donors (Lipinski definition) is 0. The molecule has 1 aliphatic heterocycles. The highest BCUT2D eigenvalue weighted by molar-refractivity contribution is 4.68. The van der Waals surface area contributed by atoms with Crippen LogP contribution in [0.3, 0.4) is 0 Å². The fourth-order valence-electron chi connectivity index (χ4n) is 0.876. The van der Waals surface area contributed by atoms with Gasteiger partial charge in [-0.05, 0) is 13.3 Å². The zero-order chi connectivity index (χ0) is 7.23. The van der Waals surface area contributed by atoms with Gasteiger partial charge in [-0.25, -0.2) is 0 Å². The van der Waals surface area contributed by atoms with Crippen LogP contribution in [0.1, 0.15) is 19.8 Å². The summed E-state index contributed by atoms with van der Waals surface area (Å²) in [5.74, 6) is 0. The molecular weight excluding hydrogens is 128 g/mol. The Morgan fingerprint density at radius 1 is 1.70 bits per heavy atom. The molecule has 1 aliphatic rings. The lowest BCUT2D eigenvalue weighted by atomic mass is 10.1. The van der Waals surface area contributed by atoms with Crippen LogP contribution < -0.4 is 0 Å². The molecule has 0 aromatic rings. The van der Waals surface area contributed by atoms with Crippen LogP contribution in [0.5, 0.6) is 0 Å². The summed E-state index contributed by atoms with van der Waals surface area (Å²) in [6.45, 7) is 3.67. The predicted molar refractivity (Wildman–Crippen MR) is 39.7 cm³/mol. The van der Waals surface area contributed by atoms with Crippen LogP contribution in [-0.4, -0.2) is 19.3 Å². The minimum absolute atomic E-state index is 0.477. The minimum Gasteiger partial charge on any atom is -0.501 e. The summed E-state index contributed by atoms with van der Waals surface area (Å²) in [6.07, 6.45) is 6.33. The highest BCUT2D eigenvalue weighted by atomic mass is 16.5. The van der Waals surface area contributed by atoms with E-state index in [1.807, 2.05) is 13.0 Å². The van der Waals surface area contributed by atoms with E-state index < -0.39 is 0 Å². The van der Waals surface area contributed by atoms with Crippen molar-refractivity contribution in [3.8, 4) is 0 Å². The van der Waals surface area contributed by atoms with Gasteiger partial charge in [0.2, 0.25) is 0 Å². The first-order chi connectivity index (χ1) is 4.93. The van der Waals surface area contributed by atoms with Gasteiger partial charge < -0.3 is 9.47 Å². The van der Waals surface area contributed by atoms with Crippen molar-refractivity contribution in [2.24, 2.45) is 0 Å². The fraction of sp³-hybridized carbons (Fsp3) is 0.750. The molecule has 1 heterocycles. The second kappa shape index (κ2) is 4.34. The van der Waals surface area contributed by atoms with Crippen LogP contribution >= 0.6 is 0 Å². The lowest BCUT2D eigenvalue weighted by Gasteiger charge is -2.25. The van der Waals surface area contributed by atoms with Crippen molar-refractivity contribution in [1.82, 2.24) is 0 Å². The van der Waals surface area contributed by atoms with Crippen molar-refractivity contribution < 1.29 is 9.47 Å². The number of ether oxygens (including phenoxy) is 2. The van der Waals surface area contributed by atoms with Crippen molar-refractivity contribution >= 4 is 0 Å². The average Bonchev–Trinajstić information content (AvgIpc) is 1.84. The number of allylic oxidation sites excluding steroid dienone is 1. The van der Waals surface area contributed by atoms with Crippen LogP contribution in [0, 0.1) is 0 Å². The normalized spacial score (nSPS) is 24.7. The Morgan fingerprint density at radius 2 is 2.50 bits per heavy atom. The van der Waals surface area contributed by atoms with Gasteiger partial charge in [-0.1, -0.05) is 6.08 Å². The van der Waals surface area contributed by atoms with Gasteiger partial charge in [-0.3, -0.25) is 0 Å². The number of rotatable bonds is 4. The van der Waals surface area contributed by atoms with Gasteiger partial charge in [0.25, 0.3) is 0 Å². The molecule has 1 fully saturated rings. The zero-order valence-electron chi connectivity index (χ0n) is 6.38. The Labute approximate surface area is 61.8 Å². The second-order valence-electron chi connectivity index (χ2n) is 2.41. The lowest BCUT2D eigenvalue weighted by molar-refractivity contribution is -0.0618. The zero-order valence-corrected chi connectivity index (χ0v) is 6.38. The van der Waals surface area contributed by atoms with E-state index in [4.69, 9.17) is 9.47 Å². The Hall–Kier alpha value is -0.500. The smallest absolute Gasteiger partial charge is 0.0897 e. The second-order valence-corrected chi connectivity index (χ2v) is 2.41. The standard InChI is InChI=1S/C8H14O2/c1-2-5-9-6-3-8-4-7-10-8/h2,5,8H,3-4,6-7H2,1H3. The molecule has 2 nitrogen and oxygen atoms in total. The van der Waals surface area contributed by atoms with E-state index in [0.717, 1.165) is 19.6 Å². The Bertz CT molecular complexity index is 106. The third kappa shape index (κ3) is 2.40. The van der Waals surface area contributed by atoms with Crippen LogP contribution in [0.25, 0.3) is 0 Å². The quantitative estimate of drug-likeness (QED) is 0.439. The summed E-state index contributed by atoms with van der Waals surface area (Å²) in [7, 11) is 0. The summed E-state index contributed by atoms with van der Waals surface area (Å²) in [6, 6.07) is 0. The fourth-order valence-corrected chi connectivity index (χ4v) is 0.876. The summed E-state index contributed by atoms with van der Waals surface area (Å²) in [4.78, 5) is 0. The highest BCUT2D eigenvalue weighted by Gasteiger charge is 2.16. The van der Waals surface area contributed by atoms with Crippen LogP contribution in [0.2, 0.25) is 0 Å². The van der Waals surface area contributed by atoms with Crippen molar-refractivity contribution in [3.63, 3.8) is 0 Å². The van der Waals surface area contributed by atoms with Crippen LogP contribution in [-0.2, 0) is 9.47 Å². The van der Waals surface area contributed by atoms with Gasteiger partial charge in [-0.2, -0.15) is 0 Å². The van der Waals surface area contributed by atoms with E-state index in [9.17, 15) is 0 Å². The molecule has 0 aromatic heterocycles. The van der Waals surface area contributed by atoms with E-state index in [0.29, 0.717) is 6.10 Å². The Kier molecular flexibility index (Phi) is 3.30. The van der Waals surface area contributed by atoms with Gasteiger partial charge in [0, 0.05) is 13.0 Å². The molecule has 0 aromatic carbocycles. The van der Waals surface area contributed by atoms with E-state index in [1.54, 1.807) is 6.26 Å². The SMILES string of the molecule is CC=COCCC1CCO1. The monoisotopic (exact) mass is 142 g/mol. The molecule has 0 spiro atoms. The predicted octanol–water partition coefficient (Wildman–Crippen LogP) is 1.72. The minimum atomic E-state index is 0.477. The molecule has 0 amide bonds. The first kappa shape index (κ1) is 7.61. The summed E-state index contributed by atoms with van der Waals surface area (Å²) in [5.41, 5.74) is 0. The number of hydrogen-bond acceptors (Lipinski definition) is 2. The van der Waals surface area contributed by atoms with Crippen LogP contribution in [0.4, 0.5) is 0 Å². The van der Waals surface area contributed by atoms with Crippen molar-refractivity contribution in [1.29, 1.82) is 0 Å². The van der Waals surface area contributed by atoms with Crippen molar-refractivity contribution in [2.45, 2.75) is 25.9 Å². The van der Waals surface area contributed by atoms with Gasteiger partial charge in [0.1, 0.15) is 0 Å². The van der Waals surface area contributed by atoms with E-state index in [-0.39, 0.29) is 0 Å². The Balaban J connectivity index is 1.85. The van der Waals surface area contributed by atoms with Gasteiger partial charge in [-0.15, -0.1) is 0 Å². The summed E-state index contributed by atoms with van der Waals surface area (Å²) >= 11 is 0. The average molecular weight is 142 g/mol. The maximum Gasteiger partial charge on any atom is 0.0897 e. The molecule has 58 valence electrons. The molecule has 10 heavy (non-hydrogen) atoms. The topological polar surface area (TPSA) is 18.5 Å². The molecular formula is C8H14O2. The van der Waals surface area contributed by atoms with Gasteiger partial charge >= 0.3 is 0 Å². The van der Waals surface area contributed by atoms with E-state index in [2.05, 4.69) is 0 Å². The van der Waals surface area contributed by atoms with E-state index in [1.165, 1.54) is 6.42 Å². The first-order valence-corrected chi connectivity index (χ1v) is 3.78. The van der Waals surface area contributed by atoms with Crippen molar-refractivity contribution in [3.05, 3.63) is 12.3 Å². The molecule has 2 heteroatoms. The molecule has 0 aliphatic carbocycles. The van der Waals surface area contributed by atoms with Crippen molar-refractivity contribution in [2.75, 3.05) is 13.2 Å². The molecule has 1 saturated heterocycles. The molecule has 1 unspecified atom stereocenters. The summed E-state index contributed by atoms with van der Waals surface area (Å²) in [5, 5.41) is 0. The van der Waals surface area contributed by atoms with Crippen LogP contribution in [0.15, 0.2) is 12.3 Å². The highest BCUT2D eigenvalue weighted by Crippen LogP contribution is 2.14. The Morgan fingerprint density at radius 3 is 3.00 bits per heavy atom. The molecule has 0 N–H and O–H groups in total. The molecule has 1 atom stereocenters. The van der Waals surface area contributed by atoms with Gasteiger partial charge in [0.15, 0.2) is 0 Å². The molecule has 0 radical (unpaired) electrons. The first-order valence-electron chi connectivity index (χ1n) is 3.78. The summed E-state index contributed by atoms with van der Waals surface area (Å²) < 4.78 is 10.3. The third-order valence-electron chi connectivity index (χ3n) is 1.58. The molecule has 0 bridgehead atoms. The largest absolute Gasteiger partial charge is 0.501 e. The molecule has 0 saturated carbocycles. The lowest BCUT2D eigenvalue weighted by Crippen LogP contribution is -2.27.